The lowest BCUT2D eigenvalue weighted by Crippen LogP contribution is -2.41. The molecule has 0 bridgehead atoms. The molecule has 0 spiro atoms. The molecule has 1 aliphatic heterocycles. The zero-order valence-corrected chi connectivity index (χ0v) is 16.0. The predicted molar refractivity (Wildman–Crippen MR) is 105 cm³/mol. The van der Waals surface area contributed by atoms with Crippen LogP contribution in [-0.4, -0.2) is 26.1 Å². The fourth-order valence-electron chi connectivity index (χ4n) is 3.14. The van der Waals surface area contributed by atoms with Gasteiger partial charge in [0.1, 0.15) is 0 Å². The number of rotatable bonds is 4. The first-order valence-corrected chi connectivity index (χ1v) is 10.4. The van der Waals surface area contributed by atoms with Gasteiger partial charge < -0.3 is 4.90 Å². The van der Waals surface area contributed by atoms with E-state index >= 15 is 0 Å². The molecule has 0 radical (unpaired) electrons. The monoisotopic (exact) mass is 369 g/mol. The highest BCUT2D eigenvalue weighted by Crippen LogP contribution is 2.27. The van der Waals surface area contributed by atoms with E-state index in [1.165, 1.54) is 11.0 Å². The first-order chi connectivity index (χ1) is 12.3. The molecule has 1 heterocycles. The number of hydrogen-bond acceptors (Lipinski definition) is 3. The van der Waals surface area contributed by atoms with Crippen molar-refractivity contribution in [1.29, 1.82) is 0 Å². The average Bonchev–Trinajstić information content (AvgIpc) is 2.95. The van der Waals surface area contributed by atoms with Gasteiger partial charge >= 0.3 is 0 Å². The van der Waals surface area contributed by atoms with Crippen LogP contribution < -0.4 is 4.90 Å². The standard InChI is InChI=1S/C21H23NO3S/c1-15(2)17-8-10-18(11-9-17)22(19-12-13-26(24,25)14-19)21(23)20-7-5-4-6-16(20)3/h4-13,15,19H,14H2,1-3H3/t19-/m1/s1. The summed E-state index contributed by atoms with van der Waals surface area (Å²) in [6.07, 6.45) is 1.60. The summed E-state index contributed by atoms with van der Waals surface area (Å²) in [5, 5.41) is 1.21. The van der Waals surface area contributed by atoms with Crippen molar-refractivity contribution in [2.75, 3.05) is 10.7 Å². The van der Waals surface area contributed by atoms with E-state index in [0.717, 1.165) is 5.56 Å². The van der Waals surface area contributed by atoms with E-state index in [2.05, 4.69) is 13.8 Å². The Morgan fingerprint density at radius 3 is 2.27 bits per heavy atom. The highest BCUT2D eigenvalue weighted by Gasteiger charge is 2.32. The maximum atomic E-state index is 13.3. The molecule has 1 atom stereocenters. The summed E-state index contributed by atoms with van der Waals surface area (Å²) in [5.41, 5.74) is 3.32. The number of carbonyl (C=O) groups excluding carboxylic acids is 1. The van der Waals surface area contributed by atoms with Crippen LogP contribution in [0, 0.1) is 6.92 Å². The fraction of sp³-hybridized carbons (Fsp3) is 0.286. The number of sulfone groups is 1. The molecule has 3 rings (SSSR count). The molecular weight excluding hydrogens is 346 g/mol. The van der Waals surface area contributed by atoms with E-state index in [1.807, 2.05) is 49.4 Å². The Kier molecular flexibility index (Phi) is 5.01. The number of nitrogens with zero attached hydrogens (tertiary/aromatic N) is 1. The van der Waals surface area contributed by atoms with Gasteiger partial charge in [-0.2, -0.15) is 0 Å². The van der Waals surface area contributed by atoms with Gasteiger partial charge in [0, 0.05) is 16.7 Å². The number of anilines is 1. The second-order valence-corrected chi connectivity index (χ2v) is 8.89. The third-order valence-electron chi connectivity index (χ3n) is 4.67. The van der Waals surface area contributed by atoms with Gasteiger partial charge in [0.15, 0.2) is 9.84 Å². The third-order valence-corrected chi connectivity index (χ3v) is 6.05. The van der Waals surface area contributed by atoms with Crippen LogP contribution in [0.2, 0.25) is 0 Å². The highest BCUT2D eigenvalue weighted by molar-refractivity contribution is 7.94. The van der Waals surface area contributed by atoms with Crippen molar-refractivity contribution in [2.24, 2.45) is 0 Å². The van der Waals surface area contributed by atoms with Gasteiger partial charge in [-0.1, -0.05) is 44.2 Å². The van der Waals surface area contributed by atoms with Crippen molar-refractivity contribution in [3.63, 3.8) is 0 Å². The van der Waals surface area contributed by atoms with E-state index in [0.29, 0.717) is 17.2 Å². The Labute approximate surface area is 155 Å². The van der Waals surface area contributed by atoms with Crippen molar-refractivity contribution >= 4 is 21.4 Å². The topological polar surface area (TPSA) is 54.5 Å². The molecule has 0 aromatic heterocycles. The maximum Gasteiger partial charge on any atom is 0.259 e. The van der Waals surface area contributed by atoms with E-state index in [9.17, 15) is 13.2 Å². The fourth-order valence-corrected chi connectivity index (χ4v) is 4.41. The molecule has 136 valence electrons. The first-order valence-electron chi connectivity index (χ1n) is 8.68. The van der Waals surface area contributed by atoms with E-state index in [-0.39, 0.29) is 11.7 Å². The minimum Gasteiger partial charge on any atom is -0.300 e. The van der Waals surface area contributed by atoms with Crippen molar-refractivity contribution in [2.45, 2.75) is 32.7 Å². The van der Waals surface area contributed by atoms with Gasteiger partial charge in [-0.25, -0.2) is 8.42 Å². The molecule has 0 N–H and O–H groups in total. The molecule has 1 amide bonds. The number of amides is 1. The number of aryl methyl sites for hydroxylation is 1. The van der Waals surface area contributed by atoms with Crippen LogP contribution in [0.1, 0.15) is 41.3 Å². The maximum absolute atomic E-state index is 13.3. The highest BCUT2D eigenvalue weighted by atomic mass is 32.2. The quantitative estimate of drug-likeness (QED) is 0.816. The lowest BCUT2D eigenvalue weighted by atomic mass is 10.0. The predicted octanol–water partition coefficient (Wildman–Crippen LogP) is 4.08. The van der Waals surface area contributed by atoms with Crippen LogP contribution in [0.25, 0.3) is 0 Å². The van der Waals surface area contributed by atoms with Gasteiger partial charge in [0.05, 0.1) is 11.8 Å². The Morgan fingerprint density at radius 1 is 1.08 bits per heavy atom. The van der Waals surface area contributed by atoms with Crippen molar-refractivity contribution in [1.82, 2.24) is 0 Å². The molecule has 5 heteroatoms. The van der Waals surface area contributed by atoms with Crippen LogP contribution >= 0.6 is 0 Å². The molecule has 2 aromatic rings. The molecule has 2 aromatic carbocycles. The number of benzene rings is 2. The zero-order valence-electron chi connectivity index (χ0n) is 15.2. The zero-order chi connectivity index (χ0) is 18.9. The molecule has 0 saturated carbocycles. The molecule has 0 fully saturated rings. The van der Waals surface area contributed by atoms with Gasteiger partial charge in [-0.05, 0) is 48.2 Å². The summed E-state index contributed by atoms with van der Waals surface area (Å²) in [7, 11) is -3.27. The smallest absolute Gasteiger partial charge is 0.259 e. The van der Waals surface area contributed by atoms with Gasteiger partial charge in [0.25, 0.3) is 5.91 Å². The summed E-state index contributed by atoms with van der Waals surface area (Å²) in [5.74, 6) is 0.111. The Bertz CT molecular complexity index is 943. The second-order valence-electron chi connectivity index (χ2n) is 6.96. The minimum atomic E-state index is -3.27. The lowest BCUT2D eigenvalue weighted by molar-refractivity contribution is 0.0982. The molecule has 26 heavy (non-hydrogen) atoms. The van der Waals surface area contributed by atoms with E-state index in [1.54, 1.807) is 17.0 Å². The van der Waals surface area contributed by atoms with Crippen molar-refractivity contribution in [3.05, 3.63) is 76.7 Å². The molecular formula is C21H23NO3S. The van der Waals surface area contributed by atoms with Crippen molar-refractivity contribution in [3.8, 4) is 0 Å². The summed E-state index contributed by atoms with van der Waals surface area (Å²) in [6.45, 7) is 6.10. The Balaban J connectivity index is 2.04. The normalized spacial score (nSPS) is 18.2. The third kappa shape index (κ3) is 3.73. The van der Waals surface area contributed by atoms with Crippen LogP contribution in [0.3, 0.4) is 0 Å². The molecule has 0 aliphatic carbocycles. The summed E-state index contributed by atoms with van der Waals surface area (Å²) in [6, 6.07) is 14.6. The van der Waals surface area contributed by atoms with Crippen molar-refractivity contribution < 1.29 is 13.2 Å². The van der Waals surface area contributed by atoms with Crippen LogP contribution in [0.4, 0.5) is 5.69 Å². The van der Waals surface area contributed by atoms with Crippen LogP contribution in [0.15, 0.2) is 60.0 Å². The second kappa shape index (κ2) is 7.08. The van der Waals surface area contributed by atoms with E-state index in [4.69, 9.17) is 0 Å². The first kappa shape index (κ1) is 18.4. The van der Waals surface area contributed by atoms with Gasteiger partial charge in [-0.3, -0.25) is 4.79 Å². The number of hydrogen-bond donors (Lipinski definition) is 0. The SMILES string of the molecule is Cc1ccccc1C(=O)N(c1ccc(C(C)C)cc1)[C@@H]1C=CS(=O)(=O)C1. The summed E-state index contributed by atoms with van der Waals surface area (Å²) < 4.78 is 23.8. The average molecular weight is 369 g/mol. The molecule has 1 aliphatic rings. The van der Waals surface area contributed by atoms with Crippen LogP contribution in [-0.2, 0) is 9.84 Å². The molecule has 0 unspecified atom stereocenters. The largest absolute Gasteiger partial charge is 0.300 e. The van der Waals surface area contributed by atoms with Crippen LogP contribution in [0.5, 0.6) is 0 Å². The Hall–Kier alpha value is -2.40. The van der Waals surface area contributed by atoms with E-state index < -0.39 is 15.9 Å². The Morgan fingerprint density at radius 2 is 1.73 bits per heavy atom. The summed E-state index contributed by atoms with van der Waals surface area (Å²) in [4.78, 5) is 14.9. The minimum absolute atomic E-state index is 0.0868. The molecule has 4 nitrogen and oxygen atoms in total. The number of carbonyl (C=O) groups is 1. The molecule has 0 saturated heterocycles. The van der Waals surface area contributed by atoms with Gasteiger partial charge in [-0.15, -0.1) is 0 Å². The summed E-state index contributed by atoms with van der Waals surface area (Å²) >= 11 is 0. The lowest BCUT2D eigenvalue weighted by Gasteiger charge is -2.28. The van der Waals surface area contributed by atoms with Gasteiger partial charge in [0.2, 0.25) is 0 Å².